The average molecular weight is 347 g/mol. The number of benzene rings is 1. The molecule has 0 aromatic heterocycles. The molecule has 0 radical (unpaired) electrons. The standard InChI is InChI=1S/C21H34N2O2/c1-22(13-14-24-2)16-20-15-21(25-17-20)10-6-11-23(18-21)12-9-19-7-4-3-5-8-19/h3-5,7-8,20H,6,9-18H2,1-2H3. The lowest BCUT2D eigenvalue weighted by Crippen LogP contribution is -2.48. The lowest BCUT2D eigenvalue weighted by molar-refractivity contribution is -0.0512. The summed E-state index contributed by atoms with van der Waals surface area (Å²) >= 11 is 0. The molecule has 2 fully saturated rings. The normalized spacial score (nSPS) is 27.4. The Bertz CT molecular complexity index is 510. The zero-order valence-corrected chi connectivity index (χ0v) is 16.0. The summed E-state index contributed by atoms with van der Waals surface area (Å²) in [6.45, 7) is 7.33. The predicted molar refractivity (Wildman–Crippen MR) is 102 cm³/mol. The summed E-state index contributed by atoms with van der Waals surface area (Å²) in [7, 11) is 3.96. The van der Waals surface area contributed by atoms with Crippen LogP contribution in [0.15, 0.2) is 30.3 Å². The first-order chi connectivity index (χ1) is 12.2. The highest BCUT2D eigenvalue weighted by atomic mass is 16.5. The maximum Gasteiger partial charge on any atom is 0.0813 e. The van der Waals surface area contributed by atoms with Gasteiger partial charge in [-0.3, -0.25) is 0 Å². The molecule has 0 saturated carbocycles. The molecule has 140 valence electrons. The van der Waals surface area contributed by atoms with Crippen LogP contribution < -0.4 is 0 Å². The van der Waals surface area contributed by atoms with Gasteiger partial charge < -0.3 is 19.3 Å². The van der Waals surface area contributed by atoms with Crippen molar-refractivity contribution < 1.29 is 9.47 Å². The molecule has 2 aliphatic heterocycles. The minimum Gasteiger partial charge on any atom is -0.383 e. The van der Waals surface area contributed by atoms with Gasteiger partial charge in [0.25, 0.3) is 0 Å². The van der Waals surface area contributed by atoms with Crippen LogP contribution in [0.2, 0.25) is 0 Å². The zero-order chi connectivity index (χ0) is 17.5. The van der Waals surface area contributed by atoms with Crippen LogP contribution in [0, 0.1) is 5.92 Å². The fraction of sp³-hybridized carbons (Fsp3) is 0.714. The van der Waals surface area contributed by atoms with Crippen molar-refractivity contribution in [2.75, 3.05) is 60.1 Å². The van der Waals surface area contributed by atoms with Crippen LogP contribution in [0.1, 0.15) is 24.8 Å². The molecule has 4 heteroatoms. The Morgan fingerprint density at radius 3 is 2.96 bits per heavy atom. The highest BCUT2D eigenvalue weighted by Gasteiger charge is 2.43. The summed E-state index contributed by atoms with van der Waals surface area (Å²) in [6, 6.07) is 10.8. The van der Waals surface area contributed by atoms with Crippen molar-refractivity contribution in [3.8, 4) is 0 Å². The third-order valence-corrected chi connectivity index (χ3v) is 5.71. The van der Waals surface area contributed by atoms with E-state index in [0.29, 0.717) is 5.92 Å². The van der Waals surface area contributed by atoms with Crippen LogP contribution in [-0.4, -0.2) is 75.5 Å². The van der Waals surface area contributed by atoms with Crippen molar-refractivity contribution in [2.45, 2.75) is 31.3 Å². The number of methoxy groups -OCH3 is 1. The van der Waals surface area contributed by atoms with Crippen molar-refractivity contribution in [2.24, 2.45) is 5.92 Å². The van der Waals surface area contributed by atoms with Crippen LogP contribution in [-0.2, 0) is 15.9 Å². The molecule has 2 aliphatic rings. The Labute approximate surface area is 153 Å². The lowest BCUT2D eigenvalue weighted by Gasteiger charge is -2.40. The molecule has 0 N–H and O–H groups in total. The molecule has 25 heavy (non-hydrogen) atoms. The summed E-state index contributed by atoms with van der Waals surface area (Å²) < 4.78 is 11.6. The quantitative estimate of drug-likeness (QED) is 0.722. The van der Waals surface area contributed by atoms with Crippen LogP contribution >= 0.6 is 0 Å². The molecule has 0 amide bonds. The van der Waals surface area contributed by atoms with Crippen LogP contribution in [0.4, 0.5) is 0 Å². The minimum absolute atomic E-state index is 0.113. The third-order valence-electron chi connectivity index (χ3n) is 5.71. The van der Waals surface area contributed by atoms with E-state index >= 15 is 0 Å². The molecular formula is C21H34N2O2. The number of ether oxygens (including phenoxy) is 2. The van der Waals surface area contributed by atoms with Crippen molar-refractivity contribution in [3.05, 3.63) is 35.9 Å². The molecule has 0 bridgehead atoms. The first-order valence-electron chi connectivity index (χ1n) is 9.77. The fourth-order valence-corrected chi connectivity index (χ4v) is 4.43. The topological polar surface area (TPSA) is 24.9 Å². The van der Waals surface area contributed by atoms with E-state index in [1.807, 2.05) is 0 Å². The van der Waals surface area contributed by atoms with Crippen LogP contribution in [0.5, 0.6) is 0 Å². The Balaban J connectivity index is 1.46. The van der Waals surface area contributed by atoms with Gasteiger partial charge in [0.2, 0.25) is 0 Å². The second-order valence-electron chi connectivity index (χ2n) is 7.93. The number of piperidine rings is 1. The van der Waals surface area contributed by atoms with Crippen molar-refractivity contribution in [3.63, 3.8) is 0 Å². The summed E-state index contributed by atoms with van der Waals surface area (Å²) in [4.78, 5) is 5.00. The fourth-order valence-electron chi connectivity index (χ4n) is 4.43. The molecule has 1 aromatic carbocycles. The van der Waals surface area contributed by atoms with E-state index in [2.05, 4.69) is 47.2 Å². The molecule has 2 atom stereocenters. The Morgan fingerprint density at radius 2 is 2.16 bits per heavy atom. The van der Waals surface area contributed by atoms with Gasteiger partial charge in [-0.1, -0.05) is 30.3 Å². The minimum atomic E-state index is 0.113. The van der Waals surface area contributed by atoms with E-state index in [-0.39, 0.29) is 5.60 Å². The van der Waals surface area contributed by atoms with Gasteiger partial charge >= 0.3 is 0 Å². The SMILES string of the molecule is COCCN(C)CC1COC2(CCCN(CCc3ccccc3)C2)C1. The van der Waals surface area contributed by atoms with E-state index in [9.17, 15) is 0 Å². The predicted octanol–water partition coefficient (Wildman–Crippen LogP) is 2.68. The van der Waals surface area contributed by atoms with E-state index in [1.54, 1.807) is 7.11 Å². The summed E-state index contributed by atoms with van der Waals surface area (Å²) in [5.74, 6) is 0.663. The largest absolute Gasteiger partial charge is 0.383 e. The molecule has 4 nitrogen and oxygen atoms in total. The monoisotopic (exact) mass is 346 g/mol. The van der Waals surface area contributed by atoms with E-state index < -0.39 is 0 Å². The number of nitrogens with zero attached hydrogens (tertiary/aromatic N) is 2. The van der Waals surface area contributed by atoms with Crippen LogP contribution in [0.25, 0.3) is 0 Å². The highest BCUT2D eigenvalue weighted by molar-refractivity contribution is 5.15. The van der Waals surface area contributed by atoms with E-state index in [0.717, 1.165) is 45.8 Å². The van der Waals surface area contributed by atoms with Crippen molar-refractivity contribution >= 4 is 0 Å². The number of rotatable bonds is 8. The number of likely N-dealkylation sites (N-methyl/N-ethyl adjacent to an activating group) is 1. The van der Waals surface area contributed by atoms with Crippen molar-refractivity contribution in [1.82, 2.24) is 9.80 Å². The molecule has 0 aliphatic carbocycles. The molecule has 2 heterocycles. The molecule has 2 saturated heterocycles. The van der Waals surface area contributed by atoms with Gasteiger partial charge in [-0.25, -0.2) is 0 Å². The number of likely N-dealkylation sites (tertiary alicyclic amines) is 1. The zero-order valence-electron chi connectivity index (χ0n) is 16.0. The molecular weight excluding hydrogens is 312 g/mol. The molecule has 1 aromatic rings. The first kappa shape index (κ1) is 18.8. The summed E-state index contributed by atoms with van der Waals surface area (Å²) in [5, 5.41) is 0. The maximum atomic E-state index is 6.38. The van der Waals surface area contributed by atoms with Gasteiger partial charge in [-0.05, 0) is 50.8 Å². The highest BCUT2D eigenvalue weighted by Crippen LogP contribution is 2.37. The number of hydrogen-bond acceptors (Lipinski definition) is 4. The van der Waals surface area contributed by atoms with Gasteiger partial charge in [-0.2, -0.15) is 0 Å². The van der Waals surface area contributed by atoms with E-state index in [4.69, 9.17) is 9.47 Å². The van der Waals surface area contributed by atoms with E-state index in [1.165, 1.54) is 31.4 Å². The number of hydrogen-bond donors (Lipinski definition) is 0. The van der Waals surface area contributed by atoms with Gasteiger partial charge in [-0.15, -0.1) is 0 Å². The Hall–Kier alpha value is -0.940. The Kier molecular flexibility index (Phi) is 6.88. The van der Waals surface area contributed by atoms with Gasteiger partial charge in [0.1, 0.15) is 0 Å². The smallest absolute Gasteiger partial charge is 0.0813 e. The maximum absolute atomic E-state index is 6.38. The second-order valence-corrected chi connectivity index (χ2v) is 7.93. The molecule has 2 unspecified atom stereocenters. The molecule has 1 spiro atoms. The second kappa shape index (κ2) is 9.13. The summed E-state index contributed by atoms with van der Waals surface area (Å²) in [6.07, 6.45) is 4.85. The Morgan fingerprint density at radius 1 is 1.32 bits per heavy atom. The third kappa shape index (κ3) is 5.52. The van der Waals surface area contributed by atoms with Gasteiger partial charge in [0.15, 0.2) is 0 Å². The molecule has 3 rings (SSSR count). The van der Waals surface area contributed by atoms with Crippen LogP contribution in [0.3, 0.4) is 0 Å². The summed E-state index contributed by atoms with van der Waals surface area (Å²) in [5.41, 5.74) is 1.55. The van der Waals surface area contributed by atoms with Crippen molar-refractivity contribution in [1.29, 1.82) is 0 Å². The average Bonchev–Trinajstić information content (AvgIpc) is 3.00. The lowest BCUT2D eigenvalue weighted by atomic mass is 9.86. The van der Waals surface area contributed by atoms with Gasteiger partial charge in [0, 0.05) is 33.3 Å². The van der Waals surface area contributed by atoms with Gasteiger partial charge in [0.05, 0.1) is 18.8 Å². The first-order valence-corrected chi connectivity index (χ1v) is 9.77.